The zero-order chi connectivity index (χ0) is 24.8. The number of benzene rings is 2. The molecule has 35 heavy (non-hydrogen) atoms. The fraction of sp³-hybridized carbons (Fsp3) is 0.385. The average Bonchev–Trinajstić information content (AvgIpc) is 3.31. The molecule has 1 atom stereocenters. The van der Waals surface area contributed by atoms with Crippen LogP contribution in [0.15, 0.2) is 53.3 Å². The highest BCUT2D eigenvalue weighted by atomic mass is 16.5. The highest BCUT2D eigenvalue weighted by molar-refractivity contribution is 5.79. The number of pyridine rings is 1. The third-order valence-electron chi connectivity index (χ3n) is 6.23. The van der Waals surface area contributed by atoms with Gasteiger partial charge in [-0.1, -0.05) is 30.7 Å². The van der Waals surface area contributed by atoms with Crippen molar-refractivity contribution >= 4 is 10.9 Å². The summed E-state index contributed by atoms with van der Waals surface area (Å²) in [6.45, 7) is 5.73. The maximum atomic E-state index is 12.9. The third-order valence-corrected chi connectivity index (χ3v) is 6.23. The lowest BCUT2D eigenvalue weighted by Gasteiger charge is -2.30. The number of methoxy groups -OCH3 is 1. The van der Waals surface area contributed by atoms with Crippen LogP contribution in [-0.4, -0.2) is 55.5 Å². The van der Waals surface area contributed by atoms with E-state index in [1.807, 2.05) is 49.4 Å². The number of aromatic nitrogens is 5. The minimum atomic E-state index is -0.123. The minimum absolute atomic E-state index is 0.0665. The van der Waals surface area contributed by atoms with Crippen molar-refractivity contribution in [2.45, 2.75) is 45.8 Å². The fourth-order valence-electron chi connectivity index (χ4n) is 4.40. The molecule has 0 fully saturated rings. The molecule has 0 aliphatic carbocycles. The molecule has 2 aromatic heterocycles. The van der Waals surface area contributed by atoms with Gasteiger partial charge in [0.25, 0.3) is 5.56 Å². The SMILES string of the molecule is CC[C@H](c1nnnn1Cc1ccc(OC)cc1)N(CCCO)Cc1cc2cc(C)ccc2[nH]c1=O. The van der Waals surface area contributed by atoms with E-state index in [2.05, 4.69) is 38.4 Å². The van der Waals surface area contributed by atoms with Gasteiger partial charge >= 0.3 is 0 Å². The van der Waals surface area contributed by atoms with Gasteiger partial charge in [-0.05, 0) is 71.5 Å². The molecule has 0 saturated heterocycles. The fourth-order valence-corrected chi connectivity index (χ4v) is 4.40. The van der Waals surface area contributed by atoms with Gasteiger partial charge in [0.15, 0.2) is 5.82 Å². The van der Waals surface area contributed by atoms with Crippen LogP contribution in [0.5, 0.6) is 5.75 Å². The summed E-state index contributed by atoms with van der Waals surface area (Å²) >= 11 is 0. The molecule has 4 aromatic rings. The largest absolute Gasteiger partial charge is 0.497 e. The van der Waals surface area contributed by atoms with Gasteiger partial charge in [-0.2, -0.15) is 0 Å². The van der Waals surface area contributed by atoms with E-state index in [0.29, 0.717) is 31.6 Å². The number of aryl methyl sites for hydroxylation is 1. The van der Waals surface area contributed by atoms with E-state index in [0.717, 1.165) is 40.0 Å². The second kappa shape index (κ2) is 11.2. The number of hydrogen-bond donors (Lipinski definition) is 2. The Labute approximate surface area is 204 Å². The van der Waals surface area contributed by atoms with Crippen molar-refractivity contribution < 1.29 is 9.84 Å². The third kappa shape index (κ3) is 5.75. The average molecular weight is 477 g/mol. The predicted molar refractivity (Wildman–Crippen MR) is 134 cm³/mol. The lowest BCUT2D eigenvalue weighted by Crippen LogP contribution is -2.34. The Bertz CT molecular complexity index is 1310. The number of hydrogen-bond acceptors (Lipinski definition) is 7. The van der Waals surface area contributed by atoms with Crippen LogP contribution < -0.4 is 10.3 Å². The van der Waals surface area contributed by atoms with Crippen molar-refractivity contribution in [2.75, 3.05) is 20.3 Å². The molecule has 0 radical (unpaired) electrons. The normalized spacial score (nSPS) is 12.4. The van der Waals surface area contributed by atoms with Gasteiger partial charge in [0.2, 0.25) is 0 Å². The van der Waals surface area contributed by atoms with Crippen LogP contribution in [-0.2, 0) is 13.1 Å². The van der Waals surface area contributed by atoms with Crippen molar-refractivity contribution in [3.8, 4) is 5.75 Å². The molecule has 0 spiro atoms. The van der Waals surface area contributed by atoms with E-state index < -0.39 is 0 Å². The Hall–Kier alpha value is -3.56. The van der Waals surface area contributed by atoms with Crippen LogP contribution in [0.4, 0.5) is 0 Å². The molecule has 184 valence electrons. The van der Waals surface area contributed by atoms with E-state index >= 15 is 0 Å². The molecule has 0 aliphatic heterocycles. The molecular weight excluding hydrogens is 444 g/mol. The molecule has 0 bridgehead atoms. The zero-order valence-corrected chi connectivity index (χ0v) is 20.4. The summed E-state index contributed by atoms with van der Waals surface area (Å²) in [5, 5.41) is 23.1. The zero-order valence-electron chi connectivity index (χ0n) is 20.4. The Kier molecular flexibility index (Phi) is 7.89. The Morgan fingerprint density at radius 3 is 2.69 bits per heavy atom. The van der Waals surface area contributed by atoms with Crippen LogP contribution in [0.3, 0.4) is 0 Å². The van der Waals surface area contributed by atoms with Crippen LogP contribution >= 0.6 is 0 Å². The molecule has 0 aliphatic rings. The molecule has 9 nitrogen and oxygen atoms in total. The Morgan fingerprint density at radius 1 is 1.17 bits per heavy atom. The molecule has 9 heteroatoms. The summed E-state index contributed by atoms with van der Waals surface area (Å²) < 4.78 is 7.05. The molecule has 2 N–H and O–H groups in total. The number of nitrogens with one attached hydrogen (secondary N) is 1. The number of nitrogens with zero attached hydrogens (tertiary/aromatic N) is 5. The Balaban J connectivity index is 1.63. The van der Waals surface area contributed by atoms with Crippen molar-refractivity contribution in [3.05, 3.63) is 81.4 Å². The number of H-pyrrole nitrogens is 1. The van der Waals surface area contributed by atoms with Crippen molar-refractivity contribution in [1.82, 2.24) is 30.1 Å². The predicted octanol–water partition coefficient (Wildman–Crippen LogP) is 3.22. The number of ether oxygens (including phenoxy) is 1. The molecule has 0 saturated carbocycles. The van der Waals surface area contributed by atoms with Gasteiger partial charge in [0, 0.05) is 30.8 Å². The van der Waals surface area contributed by atoms with Crippen LogP contribution in [0.2, 0.25) is 0 Å². The van der Waals surface area contributed by atoms with E-state index in [4.69, 9.17) is 4.74 Å². The summed E-state index contributed by atoms with van der Waals surface area (Å²) in [5.74, 6) is 1.53. The lowest BCUT2D eigenvalue weighted by molar-refractivity contribution is 0.152. The van der Waals surface area contributed by atoms with Gasteiger partial charge < -0.3 is 14.8 Å². The first-order chi connectivity index (χ1) is 17.0. The molecule has 2 heterocycles. The van der Waals surface area contributed by atoms with Crippen molar-refractivity contribution in [3.63, 3.8) is 0 Å². The van der Waals surface area contributed by atoms with E-state index in [1.165, 1.54) is 0 Å². The highest BCUT2D eigenvalue weighted by Gasteiger charge is 2.25. The summed E-state index contributed by atoms with van der Waals surface area (Å²) in [7, 11) is 1.64. The molecule has 0 unspecified atom stereocenters. The Morgan fingerprint density at radius 2 is 1.97 bits per heavy atom. The maximum Gasteiger partial charge on any atom is 0.252 e. The van der Waals surface area contributed by atoms with Gasteiger partial charge in [0.05, 0.1) is 19.7 Å². The van der Waals surface area contributed by atoms with Gasteiger partial charge in [-0.15, -0.1) is 5.10 Å². The first kappa shape index (κ1) is 24.6. The first-order valence-electron chi connectivity index (χ1n) is 11.9. The van der Waals surface area contributed by atoms with Gasteiger partial charge in [0.1, 0.15) is 5.75 Å². The van der Waals surface area contributed by atoms with Crippen molar-refractivity contribution in [1.29, 1.82) is 0 Å². The number of tetrazole rings is 1. The van der Waals surface area contributed by atoms with Gasteiger partial charge in [-0.25, -0.2) is 4.68 Å². The highest BCUT2D eigenvalue weighted by Crippen LogP contribution is 2.25. The monoisotopic (exact) mass is 476 g/mol. The molecular formula is C26H32N6O3. The second-order valence-electron chi connectivity index (χ2n) is 8.73. The van der Waals surface area contributed by atoms with E-state index in [1.54, 1.807) is 11.8 Å². The van der Waals surface area contributed by atoms with Crippen LogP contribution in [0.25, 0.3) is 10.9 Å². The molecule has 4 rings (SSSR count). The summed E-state index contributed by atoms with van der Waals surface area (Å²) in [6.07, 6.45) is 1.33. The number of aliphatic hydroxyl groups is 1. The first-order valence-corrected chi connectivity index (χ1v) is 11.9. The van der Waals surface area contributed by atoms with Crippen LogP contribution in [0.1, 0.15) is 48.3 Å². The molecule has 0 amide bonds. The number of rotatable bonds is 11. The van der Waals surface area contributed by atoms with Crippen LogP contribution in [0, 0.1) is 6.92 Å². The van der Waals surface area contributed by atoms with Gasteiger partial charge in [-0.3, -0.25) is 9.69 Å². The molecule has 2 aromatic carbocycles. The second-order valence-corrected chi connectivity index (χ2v) is 8.73. The number of fused-ring (bicyclic) bond motifs is 1. The maximum absolute atomic E-state index is 12.9. The number of aromatic amines is 1. The lowest BCUT2D eigenvalue weighted by atomic mass is 10.1. The summed E-state index contributed by atoms with van der Waals surface area (Å²) in [5.41, 5.74) is 3.58. The van der Waals surface area contributed by atoms with Crippen molar-refractivity contribution in [2.24, 2.45) is 0 Å². The summed E-state index contributed by atoms with van der Waals surface area (Å²) in [4.78, 5) is 18.1. The number of aliphatic hydroxyl groups excluding tert-OH is 1. The quantitative estimate of drug-likeness (QED) is 0.342. The minimum Gasteiger partial charge on any atom is -0.497 e. The van der Waals surface area contributed by atoms with E-state index in [9.17, 15) is 9.90 Å². The summed E-state index contributed by atoms with van der Waals surface area (Å²) in [6, 6.07) is 15.6. The smallest absolute Gasteiger partial charge is 0.252 e. The topological polar surface area (TPSA) is 109 Å². The van der Waals surface area contributed by atoms with E-state index in [-0.39, 0.29) is 18.2 Å². The standard InChI is InChI=1S/C26H32N6O3/c1-4-24(25-28-29-30-32(25)16-19-7-9-22(35-3)10-8-19)31(12-5-13-33)17-21-15-20-14-18(2)6-11-23(20)27-26(21)34/h6-11,14-15,24,33H,4-5,12-13,16-17H2,1-3H3,(H,27,34)/t24-/m1/s1.